The van der Waals surface area contributed by atoms with Crippen molar-refractivity contribution in [3.63, 3.8) is 0 Å². The average molecular weight is 355 g/mol. The zero-order chi connectivity index (χ0) is 18.0. The molecular weight excluding hydrogens is 334 g/mol. The van der Waals surface area contributed by atoms with Gasteiger partial charge in [-0.2, -0.15) is 0 Å². The van der Waals surface area contributed by atoms with Gasteiger partial charge in [-0.15, -0.1) is 11.3 Å². The summed E-state index contributed by atoms with van der Waals surface area (Å²) in [5.41, 5.74) is 0.918. The monoisotopic (exact) mass is 355 g/mol. The van der Waals surface area contributed by atoms with Crippen molar-refractivity contribution in [2.45, 2.75) is 33.4 Å². The van der Waals surface area contributed by atoms with Gasteiger partial charge >= 0.3 is 0 Å². The Morgan fingerprint density at radius 1 is 1.28 bits per heavy atom. The van der Waals surface area contributed by atoms with Gasteiger partial charge in [-0.3, -0.25) is 14.2 Å². The van der Waals surface area contributed by atoms with Gasteiger partial charge in [0.25, 0.3) is 5.56 Å². The molecule has 0 saturated carbocycles. The number of nitrogens with zero attached hydrogens (tertiary/aromatic N) is 3. The van der Waals surface area contributed by atoms with E-state index < -0.39 is 0 Å². The number of hydrogen-bond acceptors (Lipinski definition) is 4. The summed E-state index contributed by atoms with van der Waals surface area (Å²) in [5, 5.41) is 0.603. The number of carbonyl (C=O) groups excluding carboxylic acids is 1. The molecule has 25 heavy (non-hydrogen) atoms. The Labute approximate surface area is 150 Å². The quantitative estimate of drug-likeness (QED) is 0.707. The number of aryl methyl sites for hydroxylation is 2. The van der Waals surface area contributed by atoms with Gasteiger partial charge in [0, 0.05) is 18.5 Å². The van der Waals surface area contributed by atoms with Crippen LogP contribution in [0.3, 0.4) is 0 Å². The zero-order valence-corrected chi connectivity index (χ0v) is 15.5. The van der Waals surface area contributed by atoms with Crippen LogP contribution >= 0.6 is 11.3 Å². The molecule has 0 aliphatic rings. The van der Waals surface area contributed by atoms with Crippen LogP contribution in [0.15, 0.2) is 41.2 Å². The zero-order valence-electron chi connectivity index (χ0n) is 14.7. The fourth-order valence-corrected chi connectivity index (χ4v) is 3.73. The summed E-state index contributed by atoms with van der Waals surface area (Å²) in [6.45, 7) is 4.35. The van der Waals surface area contributed by atoms with Crippen LogP contribution in [0.1, 0.15) is 23.2 Å². The SMILES string of the molecule is CCc1cc2c(=O)n(CC(=O)N(C)Cc3ccccc3)c(C)nc2s1. The van der Waals surface area contributed by atoms with E-state index in [1.54, 1.807) is 30.2 Å². The van der Waals surface area contributed by atoms with E-state index in [0.717, 1.165) is 21.7 Å². The fourth-order valence-electron chi connectivity index (χ4n) is 2.73. The van der Waals surface area contributed by atoms with Crippen LogP contribution in [0.25, 0.3) is 10.2 Å². The Morgan fingerprint density at radius 2 is 2.00 bits per heavy atom. The Bertz CT molecular complexity index is 960. The molecule has 0 aliphatic heterocycles. The molecule has 5 nitrogen and oxygen atoms in total. The average Bonchev–Trinajstić information content (AvgIpc) is 3.02. The van der Waals surface area contributed by atoms with Gasteiger partial charge in [-0.05, 0) is 25.0 Å². The molecule has 0 atom stereocenters. The second-order valence-electron chi connectivity index (χ2n) is 6.07. The number of hydrogen-bond donors (Lipinski definition) is 0. The van der Waals surface area contributed by atoms with E-state index in [-0.39, 0.29) is 18.0 Å². The molecule has 0 radical (unpaired) electrons. The Hall–Kier alpha value is -2.47. The first kappa shape index (κ1) is 17.4. The Morgan fingerprint density at radius 3 is 2.68 bits per heavy atom. The van der Waals surface area contributed by atoms with Gasteiger partial charge in [0.1, 0.15) is 17.2 Å². The number of aromatic nitrogens is 2. The topological polar surface area (TPSA) is 55.2 Å². The van der Waals surface area contributed by atoms with Crippen molar-refractivity contribution in [3.8, 4) is 0 Å². The lowest BCUT2D eigenvalue weighted by atomic mass is 10.2. The third-order valence-electron chi connectivity index (χ3n) is 4.22. The molecule has 1 amide bonds. The molecule has 0 bridgehead atoms. The number of fused-ring (bicyclic) bond motifs is 1. The molecule has 1 aromatic carbocycles. The smallest absolute Gasteiger partial charge is 0.262 e. The first-order valence-electron chi connectivity index (χ1n) is 8.27. The second kappa shape index (κ2) is 7.19. The molecule has 130 valence electrons. The lowest BCUT2D eigenvalue weighted by Crippen LogP contribution is -2.34. The van der Waals surface area contributed by atoms with Gasteiger partial charge in [0.15, 0.2) is 0 Å². The predicted octanol–water partition coefficient (Wildman–Crippen LogP) is 2.99. The first-order chi connectivity index (χ1) is 12.0. The van der Waals surface area contributed by atoms with Crippen molar-refractivity contribution >= 4 is 27.5 Å². The highest BCUT2D eigenvalue weighted by molar-refractivity contribution is 7.18. The largest absolute Gasteiger partial charge is 0.340 e. The Balaban J connectivity index is 1.84. The molecule has 6 heteroatoms. The summed E-state index contributed by atoms with van der Waals surface area (Å²) in [6.07, 6.45) is 0.873. The van der Waals surface area contributed by atoms with Gasteiger partial charge in [-0.25, -0.2) is 4.98 Å². The van der Waals surface area contributed by atoms with E-state index in [1.165, 1.54) is 4.57 Å². The number of likely N-dealkylation sites (N-methyl/N-ethyl adjacent to an activating group) is 1. The van der Waals surface area contributed by atoms with Crippen molar-refractivity contribution in [2.24, 2.45) is 0 Å². The van der Waals surface area contributed by atoms with Crippen LogP contribution in [-0.4, -0.2) is 27.4 Å². The van der Waals surface area contributed by atoms with E-state index in [4.69, 9.17) is 0 Å². The van der Waals surface area contributed by atoms with Crippen LogP contribution in [0.5, 0.6) is 0 Å². The van der Waals surface area contributed by atoms with E-state index in [1.807, 2.05) is 36.4 Å². The third kappa shape index (κ3) is 3.64. The van der Waals surface area contributed by atoms with E-state index >= 15 is 0 Å². The molecule has 0 unspecified atom stereocenters. The van der Waals surface area contributed by atoms with E-state index in [2.05, 4.69) is 11.9 Å². The number of thiophene rings is 1. The highest BCUT2D eigenvalue weighted by Crippen LogP contribution is 2.22. The van der Waals surface area contributed by atoms with Crippen LogP contribution in [-0.2, 0) is 24.3 Å². The normalized spacial score (nSPS) is 11.0. The maximum absolute atomic E-state index is 12.8. The molecule has 2 aromatic heterocycles. The van der Waals surface area contributed by atoms with Gasteiger partial charge < -0.3 is 4.90 Å². The third-order valence-corrected chi connectivity index (χ3v) is 5.40. The minimum absolute atomic E-state index is 0.00818. The fraction of sp³-hybridized carbons (Fsp3) is 0.316. The second-order valence-corrected chi connectivity index (χ2v) is 7.19. The number of amides is 1. The maximum atomic E-state index is 12.8. The van der Waals surface area contributed by atoms with Gasteiger partial charge in [-0.1, -0.05) is 37.3 Å². The van der Waals surface area contributed by atoms with Crippen molar-refractivity contribution in [1.29, 1.82) is 0 Å². The van der Waals surface area contributed by atoms with Crippen LogP contribution in [0, 0.1) is 6.92 Å². The molecule has 2 heterocycles. The molecular formula is C19H21N3O2S. The number of benzene rings is 1. The Kier molecular flexibility index (Phi) is 4.99. The summed E-state index contributed by atoms with van der Waals surface area (Å²) < 4.78 is 1.47. The predicted molar refractivity (Wildman–Crippen MR) is 101 cm³/mol. The maximum Gasteiger partial charge on any atom is 0.262 e. The lowest BCUT2D eigenvalue weighted by molar-refractivity contribution is -0.131. The minimum atomic E-state index is -0.139. The standard InChI is InChI=1S/C19H21N3O2S/c1-4-15-10-16-18(25-15)20-13(2)22(19(16)24)12-17(23)21(3)11-14-8-6-5-7-9-14/h5-10H,4,11-12H2,1-3H3. The minimum Gasteiger partial charge on any atom is -0.340 e. The summed E-state index contributed by atoms with van der Waals surface area (Å²) in [7, 11) is 1.75. The van der Waals surface area contributed by atoms with Crippen LogP contribution in [0.2, 0.25) is 0 Å². The van der Waals surface area contributed by atoms with E-state index in [0.29, 0.717) is 17.8 Å². The highest BCUT2D eigenvalue weighted by Gasteiger charge is 2.16. The van der Waals surface area contributed by atoms with Crippen molar-refractivity contribution in [2.75, 3.05) is 7.05 Å². The molecule has 3 rings (SSSR count). The van der Waals surface area contributed by atoms with Crippen molar-refractivity contribution in [3.05, 3.63) is 63.0 Å². The number of carbonyl (C=O) groups is 1. The van der Waals surface area contributed by atoms with Crippen LogP contribution < -0.4 is 5.56 Å². The molecule has 0 aliphatic carbocycles. The summed E-state index contributed by atoms with van der Waals surface area (Å²) in [6, 6.07) is 11.7. The van der Waals surface area contributed by atoms with Gasteiger partial charge in [0.2, 0.25) is 5.91 Å². The molecule has 3 aromatic rings. The summed E-state index contributed by atoms with van der Waals surface area (Å²) >= 11 is 1.54. The van der Waals surface area contributed by atoms with Crippen molar-refractivity contribution < 1.29 is 4.79 Å². The summed E-state index contributed by atoms with van der Waals surface area (Å²) in [4.78, 5) is 33.3. The number of rotatable bonds is 5. The molecule has 0 fully saturated rings. The van der Waals surface area contributed by atoms with Crippen molar-refractivity contribution in [1.82, 2.24) is 14.5 Å². The van der Waals surface area contributed by atoms with Gasteiger partial charge in [0.05, 0.1) is 5.39 Å². The van der Waals surface area contributed by atoms with Crippen LogP contribution in [0.4, 0.5) is 0 Å². The molecule has 0 saturated heterocycles. The molecule has 0 spiro atoms. The summed E-state index contributed by atoms with van der Waals surface area (Å²) in [5.74, 6) is 0.463. The highest BCUT2D eigenvalue weighted by atomic mass is 32.1. The van der Waals surface area contributed by atoms with E-state index in [9.17, 15) is 9.59 Å². The first-order valence-corrected chi connectivity index (χ1v) is 9.09. The molecule has 0 N–H and O–H groups in total. The lowest BCUT2D eigenvalue weighted by Gasteiger charge is -2.18.